The van der Waals surface area contributed by atoms with Crippen LogP contribution in [-0.2, 0) is 4.79 Å². The molecule has 144 valence electrons. The van der Waals surface area contributed by atoms with Crippen molar-refractivity contribution in [2.75, 3.05) is 13.1 Å². The fourth-order valence-electron chi connectivity index (χ4n) is 2.45. The van der Waals surface area contributed by atoms with Gasteiger partial charge in [-0.05, 0) is 53.7 Å². The zero-order valence-electron chi connectivity index (χ0n) is 14.2. The summed E-state index contributed by atoms with van der Waals surface area (Å²) in [5.41, 5.74) is 0.917. The molecule has 0 bridgehead atoms. The second-order valence-electron chi connectivity index (χ2n) is 5.76. The van der Waals surface area contributed by atoms with Crippen LogP contribution in [0, 0.1) is 5.82 Å². The standard InChI is InChI=1S/C19H13BrClFN2O3S/c20-12-3-6-14(15(21)10-12)17(25)23-7-8-24-18(26)16(28-19(24)27)9-11-1-4-13(22)5-2-11/h1-6,9-10H,7-8H2,(H,23,25)/b16-9-. The van der Waals surface area contributed by atoms with Gasteiger partial charge in [-0.3, -0.25) is 19.3 Å². The van der Waals surface area contributed by atoms with Crippen LogP contribution in [0.5, 0.6) is 0 Å². The molecule has 1 heterocycles. The maximum atomic E-state index is 13.0. The van der Waals surface area contributed by atoms with E-state index in [9.17, 15) is 18.8 Å². The lowest BCUT2D eigenvalue weighted by atomic mass is 10.2. The van der Waals surface area contributed by atoms with Crippen LogP contribution in [0.3, 0.4) is 0 Å². The number of benzene rings is 2. The molecule has 0 spiro atoms. The smallest absolute Gasteiger partial charge is 0.293 e. The van der Waals surface area contributed by atoms with Crippen LogP contribution in [0.1, 0.15) is 15.9 Å². The highest BCUT2D eigenvalue weighted by atomic mass is 79.9. The van der Waals surface area contributed by atoms with E-state index in [2.05, 4.69) is 21.2 Å². The molecule has 9 heteroatoms. The first kappa shape index (κ1) is 20.6. The number of carbonyl (C=O) groups excluding carboxylic acids is 3. The highest BCUT2D eigenvalue weighted by Crippen LogP contribution is 2.32. The molecule has 1 N–H and O–H groups in total. The van der Waals surface area contributed by atoms with Crippen molar-refractivity contribution in [1.29, 1.82) is 0 Å². The molecule has 1 aliphatic heterocycles. The van der Waals surface area contributed by atoms with E-state index in [4.69, 9.17) is 11.6 Å². The van der Waals surface area contributed by atoms with Gasteiger partial charge in [0.15, 0.2) is 0 Å². The second kappa shape index (κ2) is 8.89. The highest BCUT2D eigenvalue weighted by Gasteiger charge is 2.34. The summed E-state index contributed by atoms with van der Waals surface area (Å²) in [6, 6.07) is 10.5. The Bertz CT molecular complexity index is 982. The molecule has 3 amide bonds. The fraction of sp³-hybridized carbons (Fsp3) is 0.105. The minimum atomic E-state index is -0.449. The van der Waals surface area contributed by atoms with Crippen LogP contribution in [0.15, 0.2) is 51.8 Å². The zero-order valence-corrected chi connectivity index (χ0v) is 17.4. The number of halogens is 3. The lowest BCUT2D eigenvalue weighted by Gasteiger charge is -2.13. The van der Waals surface area contributed by atoms with Crippen molar-refractivity contribution in [2.24, 2.45) is 0 Å². The van der Waals surface area contributed by atoms with Crippen LogP contribution < -0.4 is 5.32 Å². The lowest BCUT2D eigenvalue weighted by Crippen LogP contribution is -2.37. The van der Waals surface area contributed by atoms with Gasteiger partial charge in [-0.15, -0.1) is 0 Å². The van der Waals surface area contributed by atoms with E-state index in [0.717, 1.165) is 21.1 Å². The number of nitrogens with zero attached hydrogens (tertiary/aromatic N) is 1. The SMILES string of the molecule is O=C(NCCN1C(=O)S/C(=C\c2ccc(F)cc2)C1=O)c1ccc(Br)cc1Cl. The molecule has 1 aliphatic rings. The van der Waals surface area contributed by atoms with Crippen LogP contribution in [-0.4, -0.2) is 35.0 Å². The molecular weight excluding hydrogens is 471 g/mol. The van der Waals surface area contributed by atoms with E-state index in [-0.39, 0.29) is 23.8 Å². The Balaban J connectivity index is 1.60. The van der Waals surface area contributed by atoms with Crippen molar-refractivity contribution in [3.8, 4) is 0 Å². The average Bonchev–Trinajstić information content (AvgIpc) is 2.91. The molecule has 28 heavy (non-hydrogen) atoms. The first-order valence-electron chi connectivity index (χ1n) is 8.09. The van der Waals surface area contributed by atoms with Gasteiger partial charge in [0.05, 0.1) is 15.5 Å². The van der Waals surface area contributed by atoms with Crippen LogP contribution in [0.4, 0.5) is 9.18 Å². The van der Waals surface area contributed by atoms with Gasteiger partial charge >= 0.3 is 0 Å². The average molecular weight is 484 g/mol. The highest BCUT2D eigenvalue weighted by molar-refractivity contribution is 9.10. The van der Waals surface area contributed by atoms with Crippen molar-refractivity contribution < 1.29 is 18.8 Å². The van der Waals surface area contributed by atoms with Gasteiger partial charge in [-0.1, -0.05) is 39.7 Å². The molecule has 1 saturated heterocycles. The van der Waals surface area contributed by atoms with E-state index in [1.807, 2.05) is 0 Å². The molecule has 0 aliphatic carbocycles. The van der Waals surface area contributed by atoms with Crippen LogP contribution in [0.2, 0.25) is 5.02 Å². The molecule has 0 atom stereocenters. The van der Waals surface area contributed by atoms with Crippen molar-refractivity contribution in [1.82, 2.24) is 10.2 Å². The first-order valence-corrected chi connectivity index (χ1v) is 10.1. The van der Waals surface area contributed by atoms with Gasteiger partial charge in [0.2, 0.25) is 0 Å². The third-order valence-electron chi connectivity index (χ3n) is 3.84. The van der Waals surface area contributed by atoms with Gasteiger partial charge in [0.1, 0.15) is 5.82 Å². The first-order chi connectivity index (χ1) is 13.3. The maximum absolute atomic E-state index is 13.0. The number of amides is 3. The fourth-order valence-corrected chi connectivity index (χ4v) is 4.08. The van der Waals surface area contributed by atoms with Gasteiger partial charge in [0, 0.05) is 17.6 Å². The quantitative estimate of drug-likeness (QED) is 0.626. The van der Waals surface area contributed by atoms with Gasteiger partial charge in [-0.25, -0.2) is 4.39 Å². The van der Waals surface area contributed by atoms with E-state index >= 15 is 0 Å². The summed E-state index contributed by atoms with van der Waals surface area (Å²) in [5.74, 6) is -1.23. The summed E-state index contributed by atoms with van der Waals surface area (Å²) in [6.45, 7) is 0.123. The van der Waals surface area contributed by atoms with E-state index in [1.54, 1.807) is 18.2 Å². The molecule has 0 aromatic heterocycles. The predicted molar refractivity (Wildman–Crippen MR) is 111 cm³/mol. The molecule has 0 radical (unpaired) electrons. The second-order valence-corrected chi connectivity index (χ2v) is 8.08. The molecule has 3 rings (SSSR count). The summed E-state index contributed by atoms with van der Waals surface area (Å²) >= 11 is 10.1. The van der Waals surface area contributed by atoms with E-state index in [1.165, 1.54) is 30.3 Å². The maximum Gasteiger partial charge on any atom is 0.293 e. The lowest BCUT2D eigenvalue weighted by molar-refractivity contribution is -0.122. The Kier molecular flexibility index (Phi) is 6.53. The van der Waals surface area contributed by atoms with E-state index in [0.29, 0.717) is 16.1 Å². The zero-order chi connectivity index (χ0) is 20.3. The molecule has 1 fully saturated rings. The Morgan fingerprint density at radius 1 is 1.21 bits per heavy atom. The van der Waals surface area contributed by atoms with Gasteiger partial charge in [-0.2, -0.15) is 0 Å². The number of thioether (sulfide) groups is 1. The molecule has 2 aromatic rings. The Morgan fingerprint density at radius 3 is 2.61 bits per heavy atom. The summed E-state index contributed by atoms with van der Waals surface area (Å²) in [6.07, 6.45) is 1.53. The van der Waals surface area contributed by atoms with Crippen molar-refractivity contribution in [3.05, 3.63) is 73.8 Å². The molecule has 5 nitrogen and oxygen atoms in total. The Hall–Kier alpha value is -2.16. The van der Waals surface area contributed by atoms with Crippen molar-refractivity contribution in [3.63, 3.8) is 0 Å². The third-order valence-corrected chi connectivity index (χ3v) is 5.55. The molecule has 0 saturated carbocycles. The number of rotatable bonds is 5. The van der Waals surface area contributed by atoms with Crippen LogP contribution >= 0.6 is 39.3 Å². The minimum Gasteiger partial charge on any atom is -0.350 e. The monoisotopic (exact) mass is 482 g/mol. The number of hydrogen-bond acceptors (Lipinski definition) is 4. The summed E-state index contributed by atoms with van der Waals surface area (Å²) < 4.78 is 13.7. The molecular formula is C19H13BrClFN2O3S. The van der Waals surface area contributed by atoms with Crippen molar-refractivity contribution in [2.45, 2.75) is 0 Å². The van der Waals surface area contributed by atoms with Crippen molar-refractivity contribution >= 4 is 62.4 Å². The number of hydrogen-bond donors (Lipinski definition) is 1. The van der Waals surface area contributed by atoms with Crippen LogP contribution in [0.25, 0.3) is 6.08 Å². The number of nitrogens with one attached hydrogen (secondary N) is 1. The van der Waals surface area contributed by atoms with E-state index < -0.39 is 17.1 Å². The third kappa shape index (κ3) is 4.81. The topological polar surface area (TPSA) is 66.5 Å². The number of imide groups is 1. The Morgan fingerprint density at radius 2 is 1.93 bits per heavy atom. The predicted octanol–water partition coefficient (Wildman–Crippen LogP) is 4.71. The normalized spacial score (nSPS) is 15.4. The molecule has 0 unspecified atom stereocenters. The number of carbonyl (C=O) groups is 3. The Labute approximate surface area is 178 Å². The summed E-state index contributed by atoms with van der Waals surface area (Å²) in [4.78, 5) is 38.0. The van der Waals surface area contributed by atoms with Gasteiger partial charge < -0.3 is 5.32 Å². The minimum absolute atomic E-state index is 0.0330. The summed E-state index contributed by atoms with van der Waals surface area (Å²) in [7, 11) is 0. The molecule has 2 aromatic carbocycles. The largest absolute Gasteiger partial charge is 0.350 e. The van der Waals surface area contributed by atoms with Gasteiger partial charge in [0.25, 0.3) is 17.1 Å². The summed E-state index contributed by atoms with van der Waals surface area (Å²) in [5, 5.41) is 2.51.